The Morgan fingerprint density at radius 1 is 1.20 bits per heavy atom. The van der Waals surface area contributed by atoms with Crippen molar-refractivity contribution in [3.8, 4) is 5.75 Å². The lowest BCUT2D eigenvalue weighted by Crippen LogP contribution is -2.33. The molecule has 0 atom stereocenters. The van der Waals surface area contributed by atoms with E-state index in [1.165, 1.54) is 7.11 Å². The number of carbonyl (C=O) groups is 1. The Morgan fingerprint density at radius 2 is 1.92 bits per heavy atom. The van der Waals surface area contributed by atoms with Gasteiger partial charge >= 0.3 is 6.18 Å². The molecule has 6 nitrogen and oxygen atoms in total. The standard InChI is InChI=1S/C16H16F3N3O3/c1-24-10-13(23)21-22-15-14(16(17,18)19)12(7-8-20-15)25-9-11-5-3-2-4-6-11/h2-8H,9-10H2,1H3,(H,20,22)(H,21,23). The largest absolute Gasteiger partial charge is 0.488 e. The lowest BCUT2D eigenvalue weighted by Gasteiger charge is -2.18. The molecule has 2 aromatic rings. The van der Waals surface area contributed by atoms with Crippen molar-refractivity contribution in [3.05, 3.63) is 53.7 Å². The molecule has 0 fully saturated rings. The van der Waals surface area contributed by atoms with Crippen molar-refractivity contribution in [2.45, 2.75) is 12.8 Å². The molecule has 0 spiro atoms. The van der Waals surface area contributed by atoms with Crippen LogP contribution in [-0.2, 0) is 22.3 Å². The van der Waals surface area contributed by atoms with E-state index in [-0.39, 0.29) is 13.2 Å². The summed E-state index contributed by atoms with van der Waals surface area (Å²) in [5.41, 5.74) is 3.84. The highest BCUT2D eigenvalue weighted by Crippen LogP contribution is 2.40. The van der Waals surface area contributed by atoms with Crippen molar-refractivity contribution in [1.29, 1.82) is 0 Å². The second kappa shape index (κ2) is 8.34. The molecule has 1 aromatic heterocycles. The third-order valence-corrected chi connectivity index (χ3v) is 3.03. The first-order valence-corrected chi connectivity index (χ1v) is 7.18. The number of benzene rings is 1. The van der Waals surface area contributed by atoms with Crippen LogP contribution in [0.5, 0.6) is 5.75 Å². The van der Waals surface area contributed by atoms with Gasteiger partial charge in [-0.1, -0.05) is 30.3 Å². The summed E-state index contributed by atoms with van der Waals surface area (Å²) in [5.74, 6) is -1.61. The van der Waals surface area contributed by atoms with Gasteiger partial charge in [-0.25, -0.2) is 4.98 Å². The molecule has 0 saturated carbocycles. The van der Waals surface area contributed by atoms with Crippen LogP contribution in [0.1, 0.15) is 11.1 Å². The number of nitrogens with zero attached hydrogens (tertiary/aromatic N) is 1. The van der Waals surface area contributed by atoms with E-state index in [0.717, 1.165) is 17.8 Å². The Kier molecular flexibility index (Phi) is 6.18. The molecule has 2 rings (SSSR count). The van der Waals surface area contributed by atoms with Gasteiger partial charge in [0.05, 0.1) is 0 Å². The summed E-state index contributed by atoms with van der Waals surface area (Å²) < 4.78 is 50.1. The van der Waals surface area contributed by atoms with E-state index < -0.39 is 29.2 Å². The quantitative estimate of drug-likeness (QED) is 0.748. The summed E-state index contributed by atoms with van der Waals surface area (Å²) >= 11 is 0. The topological polar surface area (TPSA) is 72.5 Å². The van der Waals surface area contributed by atoms with Gasteiger partial charge in [0.2, 0.25) is 0 Å². The van der Waals surface area contributed by atoms with Gasteiger partial charge < -0.3 is 9.47 Å². The number of halogens is 3. The van der Waals surface area contributed by atoms with Crippen LogP contribution in [0.25, 0.3) is 0 Å². The average molecular weight is 355 g/mol. The lowest BCUT2D eigenvalue weighted by molar-refractivity contribution is -0.138. The van der Waals surface area contributed by atoms with Gasteiger partial charge in [-0.15, -0.1) is 0 Å². The first kappa shape index (κ1) is 18.5. The molecule has 2 N–H and O–H groups in total. The molecule has 134 valence electrons. The van der Waals surface area contributed by atoms with Crippen molar-refractivity contribution in [2.24, 2.45) is 0 Å². The van der Waals surface area contributed by atoms with Gasteiger partial charge in [-0.3, -0.25) is 15.6 Å². The zero-order chi connectivity index (χ0) is 18.3. The third-order valence-electron chi connectivity index (χ3n) is 3.03. The van der Waals surface area contributed by atoms with Crippen molar-refractivity contribution < 1.29 is 27.4 Å². The van der Waals surface area contributed by atoms with Gasteiger partial charge in [-0.2, -0.15) is 13.2 Å². The number of rotatable bonds is 7. The zero-order valence-corrected chi connectivity index (χ0v) is 13.3. The van der Waals surface area contributed by atoms with Crippen molar-refractivity contribution in [1.82, 2.24) is 10.4 Å². The Hall–Kier alpha value is -2.81. The minimum absolute atomic E-state index is 0.0383. The van der Waals surface area contributed by atoms with Crippen LogP contribution >= 0.6 is 0 Å². The van der Waals surface area contributed by atoms with E-state index in [0.29, 0.717) is 0 Å². The van der Waals surface area contributed by atoms with Gasteiger partial charge in [0.25, 0.3) is 5.91 Å². The number of amides is 1. The van der Waals surface area contributed by atoms with Crippen LogP contribution in [0.3, 0.4) is 0 Å². The molecular formula is C16H16F3N3O3. The summed E-state index contributed by atoms with van der Waals surface area (Å²) in [4.78, 5) is 15.0. The fourth-order valence-electron chi connectivity index (χ4n) is 1.96. The van der Waals surface area contributed by atoms with E-state index in [9.17, 15) is 18.0 Å². The highest BCUT2D eigenvalue weighted by Gasteiger charge is 2.38. The van der Waals surface area contributed by atoms with E-state index in [4.69, 9.17) is 4.74 Å². The number of anilines is 1. The molecular weight excluding hydrogens is 339 g/mol. The molecule has 0 unspecified atom stereocenters. The van der Waals surface area contributed by atoms with Crippen LogP contribution in [0.2, 0.25) is 0 Å². The second-order valence-corrected chi connectivity index (χ2v) is 4.91. The molecule has 0 radical (unpaired) electrons. The Morgan fingerprint density at radius 3 is 2.56 bits per heavy atom. The Bertz CT molecular complexity index is 709. The highest BCUT2D eigenvalue weighted by atomic mass is 19.4. The number of pyridine rings is 1. The number of alkyl halides is 3. The predicted octanol–water partition coefficient (Wildman–Crippen LogP) is 2.77. The van der Waals surface area contributed by atoms with E-state index in [2.05, 4.69) is 20.6 Å². The fourth-order valence-corrected chi connectivity index (χ4v) is 1.96. The number of nitrogens with one attached hydrogen (secondary N) is 2. The van der Waals surface area contributed by atoms with Gasteiger partial charge in [0.15, 0.2) is 5.82 Å². The predicted molar refractivity (Wildman–Crippen MR) is 83.7 cm³/mol. The number of aromatic nitrogens is 1. The minimum Gasteiger partial charge on any atom is -0.488 e. The zero-order valence-electron chi connectivity index (χ0n) is 13.3. The van der Waals surface area contributed by atoms with Gasteiger partial charge in [0, 0.05) is 13.3 Å². The van der Waals surface area contributed by atoms with Crippen molar-refractivity contribution >= 4 is 11.7 Å². The maximum atomic E-state index is 13.4. The molecule has 9 heteroatoms. The van der Waals surface area contributed by atoms with E-state index in [1.54, 1.807) is 30.3 Å². The molecule has 1 amide bonds. The van der Waals surface area contributed by atoms with Crippen LogP contribution in [-0.4, -0.2) is 24.6 Å². The number of carbonyl (C=O) groups excluding carboxylic acids is 1. The number of hydrogen-bond donors (Lipinski definition) is 2. The Labute approximate surface area is 141 Å². The summed E-state index contributed by atoms with van der Waals surface area (Å²) in [6, 6.07) is 9.90. The van der Waals surface area contributed by atoms with Gasteiger partial charge in [0.1, 0.15) is 24.5 Å². The smallest absolute Gasteiger partial charge is 0.423 e. The maximum Gasteiger partial charge on any atom is 0.423 e. The summed E-state index contributed by atoms with van der Waals surface area (Å²) in [7, 11) is 1.29. The average Bonchev–Trinajstić information content (AvgIpc) is 2.58. The fraction of sp³-hybridized carbons (Fsp3) is 0.250. The van der Waals surface area contributed by atoms with Crippen LogP contribution in [0.15, 0.2) is 42.6 Å². The van der Waals surface area contributed by atoms with Crippen molar-refractivity contribution in [2.75, 3.05) is 19.1 Å². The molecule has 0 aliphatic rings. The molecule has 0 aliphatic carbocycles. The molecule has 0 saturated heterocycles. The summed E-state index contributed by atoms with van der Waals surface area (Å²) in [6.07, 6.45) is -3.57. The first-order chi connectivity index (χ1) is 11.9. The lowest BCUT2D eigenvalue weighted by atomic mass is 10.2. The normalized spacial score (nSPS) is 11.0. The maximum absolute atomic E-state index is 13.4. The van der Waals surface area contributed by atoms with Crippen LogP contribution in [0, 0.1) is 0 Å². The molecule has 1 heterocycles. The summed E-state index contributed by atoms with van der Waals surface area (Å²) in [6.45, 7) is -0.345. The number of hydrazine groups is 1. The Balaban J connectivity index is 2.21. The van der Waals surface area contributed by atoms with Crippen LogP contribution in [0.4, 0.5) is 19.0 Å². The second-order valence-electron chi connectivity index (χ2n) is 4.91. The summed E-state index contributed by atoms with van der Waals surface area (Å²) in [5, 5.41) is 0. The van der Waals surface area contributed by atoms with Crippen molar-refractivity contribution in [3.63, 3.8) is 0 Å². The molecule has 25 heavy (non-hydrogen) atoms. The highest BCUT2D eigenvalue weighted by molar-refractivity contribution is 5.78. The molecule has 0 bridgehead atoms. The molecule has 0 aliphatic heterocycles. The number of ether oxygens (including phenoxy) is 2. The number of hydrogen-bond acceptors (Lipinski definition) is 5. The minimum atomic E-state index is -4.73. The number of methoxy groups -OCH3 is 1. The third kappa shape index (κ3) is 5.35. The van der Waals surface area contributed by atoms with E-state index in [1.807, 2.05) is 0 Å². The van der Waals surface area contributed by atoms with E-state index >= 15 is 0 Å². The van der Waals surface area contributed by atoms with Gasteiger partial charge in [-0.05, 0) is 11.6 Å². The first-order valence-electron chi connectivity index (χ1n) is 7.18. The molecule has 1 aromatic carbocycles. The monoisotopic (exact) mass is 355 g/mol. The SMILES string of the molecule is COCC(=O)NNc1nccc(OCc2ccccc2)c1C(F)(F)F. The van der Waals surface area contributed by atoms with Crippen LogP contribution < -0.4 is 15.6 Å².